The number of aromatic hydroxyl groups is 1. The summed E-state index contributed by atoms with van der Waals surface area (Å²) in [5.74, 6) is -0.219. The summed E-state index contributed by atoms with van der Waals surface area (Å²) in [5, 5.41) is 20.4. The van der Waals surface area contributed by atoms with Gasteiger partial charge in [0.2, 0.25) is 0 Å². The van der Waals surface area contributed by atoms with Gasteiger partial charge in [-0.1, -0.05) is 29.2 Å². The highest BCUT2D eigenvalue weighted by atomic mass is 35.5. The van der Waals surface area contributed by atoms with E-state index in [0.29, 0.717) is 26.7 Å². The molecule has 0 fully saturated rings. The van der Waals surface area contributed by atoms with Crippen LogP contribution in [0.3, 0.4) is 0 Å². The quantitative estimate of drug-likeness (QED) is 0.407. The Hall–Kier alpha value is -3.15. The highest BCUT2D eigenvalue weighted by Crippen LogP contribution is 2.25. The molecule has 0 aliphatic rings. The number of aromatic nitrogens is 3. The number of halogens is 1. The lowest BCUT2D eigenvalue weighted by Crippen LogP contribution is -2.41. The fraction of sp³-hybridized carbons (Fsp3) is 0.100. The van der Waals surface area contributed by atoms with Gasteiger partial charge in [0.1, 0.15) is 14.4 Å². The SMILES string of the molecule is [B]c1cc(C#N)cc(-c2c(O)[n+](Cc3cnc(Cl)s3)c3c(C)cccn3c2=O)c1. The smallest absolute Gasteiger partial charge is 0.354 e. The number of thiazole rings is 1. The Balaban J connectivity index is 2.08. The van der Waals surface area contributed by atoms with Crippen molar-refractivity contribution in [3.63, 3.8) is 0 Å². The minimum absolute atomic E-state index is 0.0625. The Morgan fingerprint density at radius 1 is 1.41 bits per heavy atom. The molecule has 4 rings (SSSR count). The van der Waals surface area contributed by atoms with Crippen LogP contribution in [0, 0.1) is 18.3 Å². The molecule has 4 aromatic rings. The predicted octanol–water partition coefficient (Wildman–Crippen LogP) is 2.09. The molecule has 9 heteroatoms. The Bertz CT molecular complexity index is 1370. The second-order valence-electron chi connectivity index (χ2n) is 6.51. The summed E-state index contributed by atoms with van der Waals surface area (Å²) >= 11 is 7.25. The van der Waals surface area contributed by atoms with Crippen LogP contribution in [0.1, 0.15) is 16.0 Å². The Morgan fingerprint density at radius 2 is 2.21 bits per heavy atom. The average molecular weight is 420 g/mol. The van der Waals surface area contributed by atoms with E-state index in [4.69, 9.17) is 19.4 Å². The van der Waals surface area contributed by atoms with Gasteiger partial charge in [0.25, 0.3) is 11.5 Å². The zero-order valence-electron chi connectivity index (χ0n) is 15.3. The van der Waals surface area contributed by atoms with E-state index in [1.165, 1.54) is 27.9 Å². The molecule has 0 spiro atoms. The number of nitriles is 1. The third kappa shape index (κ3) is 3.39. The highest BCUT2D eigenvalue weighted by molar-refractivity contribution is 7.15. The monoisotopic (exact) mass is 419 g/mol. The zero-order valence-corrected chi connectivity index (χ0v) is 16.8. The van der Waals surface area contributed by atoms with Crippen molar-refractivity contribution in [3.8, 4) is 23.1 Å². The molecule has 2 radical (unpaired) electrons. The van der Waals surface area contributed by atoms with Crippen LogP contribution < -0.4 is 15.6 Å². The summed E-state index contributed by atoms with van der Waals surface area (Å²) < 4.78 is 3.50. The molecule has 1 aromatic carbocycles. The minimum Gasteiger partial charge on any atom is -0.477 e. The van der Waals surface area contributed by atoms with Gasteiger partial charge in [-0.2, -0.15) is 14.2 Å². The lowest BCUT2D eigenvalue weighted by Gasteiger charge is -2.11. The van der Waals surface area contributed by atoms with Gasteiger partial charge >= 0.3 is 5.56 Å². The molecule has 140 valence electrons. The highest BCUT2D eigenvalue weighted by Gasteiger charge is 2.27. The number of hydrogen-bond donors (Lipinski definition) is 1. The minimum atomic E-state index is -0.408. The van der Waals surface area contributed by atoms with Crippen LogP contribution in [-0.2, 0) is 6.54 Å². The molecule has 1 N–H and O–H groups in total. The molecular weight excluding hydrogens is 407 g/mol. The summed E-state index contributed by atoms with van der Waals surface area (Å²) in [7, 11) is 5.90. The van der Waals surface area contributed by atoms with Crippen molar-refractivity contribution in [2.24, 2.45) is 0 Å². The Labute approximate surface area is 176 Å². The van der Waals surface area contributed by atoms with Gasteiger partial charge < -0.3 is 5.11 Å². The van der Waals surface area contributed by atoms with Gasteiger partial charge in [0.05, 0.1) is 22.7 Å². The van der Waals surface area contributed by atoms with Crippen molar-refractivity contribution in [1.29, 1.82) is 5.26 Å². The van der Waals surface area contributed by atoms with E-state index in [0.717, 1.165) is 10.4 Å². The van der Waals surface area contributed by atoms with E-state index in [2.05, 4.69) is 4.98 Å². The fourth-order valence-electron chi connectivity index (χ4n) is 3.34. The van der Waals surface area contributed by atoms with E-state index in [1.54, 1.807) is 29.1 Å². The fourth-order valence-corrected chi connectivity index (χ4v) is 4.31. The van der Waals surface area contributed by atoms with Crippen LogP contribution in [-0.4, -0.2) is 22.3 Å². The first kappa shape index (κ1) is 19.2. The second kappa shape index (κ2) is 7.35. The molecule has 0 bridgehead atoms. The number of aryl methyl sites for hydroxylation is 1. The summed E-state index contributed by atoms with van der Waals surface area (Å²) in [6.07, 6.45) is 3.27. The van der Waals surface area contributed by atoms with E-state index < -0.39 is 5.56 Å². The molecule has 0 unspecified atom stereocenters. The van der Waals surface area contributed by atoms with E-state index in [9.17, 15) is 15.2 Å². The summed E-state index contributed by atoms with van der Waals surface area (Å²) in [6, 6.07) is 10.2. The van der Waals surface area contributed by atoms with E-state index >= 15 is 0 Å². The van der Waals surface area contributed by atoms with Crippen LogP contribution in [0.25, 0.3) is 16.8 Å². The van der Waals surface area contributed by atoms with Gasteiger partial charge in [0.15, 0.2) is 10.0 Å². The molecule has 0 aliphatic heterocycles. The molecule has 6 nitrogen and oxygen atoms in total. The molecule has 0 amide bonds. The number of benzene rings is 1. The Kier molecular flexibility index (Phi) is 4.86. The third-order valence-corrected chi connectivity index (χ3v) is 5.64. The van der Waals surface area contributed by atoms with Crippen LogP contribution >= 0.6 is 22.9 Å². The largest absolute Gasteiger partial charge is 0.477 e. The molecule has 0 atom stereocenters. The van der Waals surface area contributed by atoms with Crippen molar-refractivity contribution in [2.75, 3.05) is 0 Å². The number of fused-ring (bicyclic) bond motifs is 1. The lowest BCUT2D eigenvalue weighted by molar-refractivity contribution is -0.671. The first-order valence-corrected chi connectivity index (χ1v) is 9.76. The van der Waals surface area contributed by atoms with Crippen LogP contribution in [0.5, 0.6) is 5.88 Å². The maximum Gasteiger partial charge on any atom is 0.354 e. The molecule has 0 aliphatic carbocycles. The summed E-state index contributed by atoms with van der Waals surface area (Å²) in [6.45, 7) is 2.13. The van der Waals surface area contributed by atoms with Crippen molar-refractivity contribution in [1.82, 2.24) is 9.38 Å². The first-order chi connectivity index (χ1) is 13.9. The van der Waals surface area contributed by atoms with Crippen LogP contribution in [0.4, 0.5) is 0 Å². The average Bonchev–Trinajstić information content (AvgIpc) is 3.10. The van der Waals surface area contributed by atoms with Gasteiger partial charge in [-0.15, -0.1) is 11.3 Å². The zero-order chi connectivity index (χ0) is 20.7. The molecule has 0 saturated carbocycles. The van der Waals surface area contributed by atoms with Gasteiger partial charge in [-0.3, -0.25) is 0 Å². The topological polar surface area (TPSA) is 82.3 Å². The number of pyridine rings is 1. The molecule has 3 heterocycles. The second-order valence-corrected chi connectivity index (χ2v) is 8.21. The van der Waals surface area contributed by atoms with Crippen molar-refractivity contribution in [3.05, 3.63) is 73.6 Å². The Morgan fingerprint density at radius 3 is 2.90 bits per heavy atom. The first-order valence-electron chi connectivity index (χ1n) is 8.57. The molecule has 3 aromatic heterocycles. The van der Waals surface area contributed by atoms with Crippen molar-refractivity contribution >= 4 is 41.9 Å². The molecule has 29 heavy (non-hydrogen) atoms. The predicted molar refractivity (Wildman–Crippen MR) is 112 cm³/mol. The van der Waals surface area contributed by atoms with Gasteiger partial charge in [-0.25, -0.2) is 9.78 Å². The summed E-state index contributed by atoms with van der Waals surface area (Å²) in [5.41, 5.74) is 2.01. The van der Waals surface area contributed by atoms with Gasteiger partial charge in [-0.05, 0) is 30.7 Å². The van der Waals surface area contributed by atoms with Crippen molar-refractivity contribution in [2.45, 2.75) is 13.5 Å². The molecule has 0 saturated heterocycles. The maximum atomic E-state index is 13.3. The normalized spacial score (nSPS) is 10.9. The molecular formula is C20H13BClN4O2S+. The standard InChI is InChI=1S/C20H12BClN4O2S/c1-11-3-2-4-25-17(11)26(10-15-9-24-20(22)29-15)19(28)16(18(25)27)13-5-12(8-23)6-14(21)7-13/h2-7,9H,10H2,1H3/p+1. The maximum absolute atomic E-state index is 13.3. The number of hydrogen-bond acceptors (Lipinski definition) is 5. The van der Waals surface area contributed by atoms with Crippen LogP contribution in [0.2, 0.25) is 4.47 Å². The third-order valence-electron chi connectivity index (χ3n) is 4.54. The van der Waals surface area contributed by atoms with Crippen LogP contribution in [0.15, 0.2) is 47.5 Å². The lowest BCUT2D eigenvalue weighted by atomic mass is 9.90. The van der Waals surface area contributed by atoms with Gasteiger partial charge in [0, 0.05) is 11.8 Å². The number of nitrogens with zero attached hydrogens (tertiary/aromatic N) is 4. The summed E-state index contributed by atoms with van der Waals surface area (Å²) in [4.78, 5) is 18.1. The van der Waals surface area contributed by atoms with E-state index in [-0.39, 0.29) is 18.0 Å². The number of rotatable bonds is 3. The van der Waals surface area contributed by atoms with Crippen molar-refractivity contribution < 1.29 is 9.67 Å². The van der Waals surface area contributed by atoms with E-state index in [1.807, 2.05) is 19.1 Å².